The van der Waals surface area contributed by atoms with E-state index in [2.05, 4.69) is 0 Å². The van der Waals surface area contributed by atoms with Crippen molar-refractivity contribution in [2.24, 2.45) is 0 Å². The lowest BCUT2D eigenvalue weighted by Gasteiger charge is -2.11. The van der Waals surface area contributed by atoms with Crippen molar-refractivity contribution in [1.82, 2.24) is 0 Å². The van der Waals surface area contributed by atoms with Crippen LogP contribution in [0.3, 0.4) is 0 Å². The molecule has 4 heteroatoms. The maximum absolute atomic E-state index is 10.9. The van der Waals surface area contributed by atoms with Crippen LogP contribution in [0.5, 0.6) is 0 Å². The summed E-state index contributed by atoms with van der Waals surface area (Å²) in [6.07, 6.45) is 0.532. The molecule has 0 fully saturated rings. The molecular weight excluding hydrogens is 212 g/mol. The lowest BCUT2D eigenvalue weighted by molar-refractivity contribution is -0.136. The summed E-state index contributed by atoms with van der Waals surface area (Å²) < 4.78 is 4.86. The van der Waals surface area contributed by atoms with Crippen LogP contribution in [0, 0.1) is 0 Å². The third kappa shape index (κ3) is 4.36. The minimum absolute atomic E-state index is 0.407. The molecule has 0 bridgehead atoms. The SMILES string of the molecule is COCSC(Cc1ccccc1)C(=O)O. The number of carboxylic acid groups (broad SMARTS) is 1. The van der Waals surface area contributed by atoms with Crippen LogP contribution in [0.1, 0.15) is 5.56 Å². The van der Waals surface area contributed by atoms with E-state index in [-0.39, 0.29) is 0 Å². The van der Waals surface area contributed by atoms with Gasteiger partial charge in [-0.1, -0.05) is 30.3 Å². The Hall–Kier alpha value is -1.00. The lowest BCUT2D eigenvalue weighted by Crippen LogP contribution is -2.20. The quantitative estimate of drug-likeness (QED) is 0.754. The van der Waals surface area contributed by atoms with Crippen molar-refractivity contribution in [3.63, 3.8) is 0 Å². The highest BCUT2D eigenvalue weighted by Gasteiger charge is 2.17. The highest BCUT2D eigenvalue weighted by Crippen LogP contribution is 2.16. The maximum Gasteiger partial charge on any atom is 0.317 e. The van der Waals surface area contributed by atoms with E-state index in [1.807, 2.05) is 30.3 Å². The topological polar surface area (TPSA) is 46.5 Å². The molecule has 0 aliphatic heterocycles. The fourth-order valence-corrected chi connectivity index (χ4v) is 1.95. The van der Waals surface area contributed by atoms with Gasteiger partial charge in [0.1, 0.15) is 5.25 Å². The smallest absolute Gasteiger partial charge is 0.317 e. The largest absolute Gasteiger partial charge is 0.480 e. The Morgan fingerprint density at radius 3 is 2.67 bits per heavy atom. The summed E-state index contributed by atoms with van der Waals surface area (Å²) >= 11 is 1.30. The van der Waals surface area contributed by atoms with Crippen molar-refractivity contribution in [1.29, 1.82) is 0 Å². The van der Waals surface area contributed by atoms with Crippen molar-refractivity contribution in [2.45, 2.75) is 11.7 Å². The molecule has 1 aromatic carbocycles. The zero-order valence-corrected chi connectivity index (χ0v) is 9.37. The predicted molar refractivity (Wildman–Crippen MR) is 61.0 cm³/mol. The van der Waals surface area contributed by atoms with Gasteiger partial charge in [-0.15, -0.1) is 11.8 Å². The number of ether oxygens (including phenoxy) is 1. The first kappa shape index (κ1) is 12.1. The van der Waals surface area contributed by atoms with Crippen LogP contribution in [0.15, 0.2) is 30.3 Å². The number of hydrogen-bond donors (Lipinski definition) is 1. The molecule has 82 valence electrons. The number of hydrogen-bond acceptors (Lipinski definition) is 3. The minimum Gasteiger partial charge on any atom is -0.480 e. The number of carboxylic acids is 1. The number of aliphatic carboxylic acids is 1. The molecule has 0 aliphatic carbocycles. The van der Waals surface area contributed by atoms with Gasteiger partial charge in [-0.3, -0.25) is 4.79 Å². The Morgan fingerprint density at radius 1 is 1.47 bits per heavy atom. The van der Waals surface area contributed by atoms with Crippen LogP contribution >= 0.6 is 11.8 Å². The lowest BCUT2D eigenvalue weighted by atomic mass is 10.1. The van der Waals surface area contributed by atoms with Gasteiger partial charge in [0.2, 0.25) is 0 Å². The second-order valence-electron chi connectivity index (χ2n) is 3.09. The molecule has 15 heavy (non-hydrogen) atoms. The normalized spacial score (nSPS) is 12.3. The van der Waals surface area contributed by atoms with Gasteiger partial charge in [0.15, 0.2) is 0 Å². The molecule has 0 heterocycles. The summed E-state index contributed by atoms with van der Waals surface area (Å²) in [5.74, 6) is -0.384. The number of carbonyl (C=O) groups is 1. The second-order valence-corrected chi connectivity index (χ2v) is 4.23. The van der Waals surface area contributed by atoms with Crippen molar-refractivity contribution < 1.29 is 14.6 Å². The molecule has 1 aromatic rings. The third-order valence-corrected chi connectivity index (χ3v) is 3.07. The molecule has 1 atom stereocenters. The van der Waals surface area contributed by atoms with Crippen LogP contribution in [-0.2, 0) is 16.0 Å². The van der Waals surface area contributed by atoms with Crippen LogP contribution in [0.4, 0.5) is 0 Å². The summed E-state index contributed by atoms with van der Waals surface area (Å²) in [5, 5.41) is 8.55. The fraction of sp³-hybridized carbons (Fsp3) is 0.364. The second kappa shape index (κ2) is 6.48. The number of benzene rings is 1. The molecule has 0 aromatic heterocycles. The number of thioether (sulfide) groups is 1. The molecule has 1 unspecified atom stereocenters. The van der Waals surface area contributed by atoms with Crippen LogP contribution < -0.4 is 0 Å². The average molecular weight is 226 g/mol. The summed E-state index contributed by atoms with van der Waals surface area (Å²) in [7, 11) is 1.56. The molecule has 0 spiro atoms. The Bertz CT molecular complexity index is 300. The first-order chi connectivity index (χ1) is 7.24. The Morgan fingerprint density at radius 2 is 2.13 bits per heavy atom. The zero-order valence-electron chi connectivity index (χ0n) is 8.55. The van der Waals surface area contributed by atoms with Crippen molar-refractivity contribution >= 4 is 17.7 Å². The van der Waals surface area contributed by atoms with Gasteiger partial charge in [-0.2, -0.15) is 0 Å². The average Bonchev–Trinajstić information content (AvgIpc) is 2.25. The molecule has 0 saturated heterocycles. The van der Waals surface area contributed by atoms with Gasteiger partial charge in [0, 0.05) is 7.11 Å². The van der Waals surface area contributed by atoms with Crippen LogP contribution in [0.25, 0.3) is 0 Å². The summed E-state index contributed by atoms with van der Waals surface area (Å²) in [6, 6.07) is 9.61. The Balaban J connectivity index is 2.55. The van der Waals surface area contributed by atoms with Crippen LogP contribution in [0.2, 0.25) is 0 Å². The van der Waals surface area contributed by atoms with Gasteiger partial charge in [-0.25, -0.2) is 0 Å². The van der Waals surface area contributed by atoms with Crippen molar-refractivity contribution in [2.75, 3.05) is 13.0 Å². The summed E-state index contributed by atoms with van der Waals surface area (Å²) in [5.41, 5.74) is 1.04. The van der Waals surface area contributed by atoms with Gasteiger partial charge in [0.25, 0.3) is 0 Å². The molecule has 1 N–H and O–H groups in total. The maximum atomic E-state index is 10.9. The highest BCUT2D eigenvalue weighted by atomic mass is 32.2. The van der Waals surface area contributed by atoms with Crippen molar-refractivity contribution in [3.8, 4) is 0 Å². The molecule has 3 nitrogen and oxygen atoms in total. The summed E-state index contributed by atoms with van der Waals surface area (Å²) in [4.78, 5) is 10.9. The monoisotopic (exact) mass is 226 g/mol. The van der Waals surface area contributed by atoms with E-state index < -0.39 is 11.2 Å². The number of methoxy groups -OCH3 is 1. The Kier molecular flexibility index (Phi) is 5.21. The van der Waals surface area contributed by atoms with E-state index in [9.17, 15) is 4.79 Å². The third-order valence-electron chi connectivity index (χ3n) is 1.93. The van der Waals surface area contributed by atoms with E-state index in [0.717, 1.165) is 5.56 Å². The standard InChI is InChI=1S/C11H14O3S/c1-14-8-15-10(11(12)13)7-9-5-3-2-4-6-9/h2-6,10H,7-8H2,1H3,(H,12,13). The number of rotatable bonds is 6. The molecule has 0 aliphatic rings. The van der Waals surface area contributed by atoms with Gasteiger partial charge < -0.3 is 9.84 Å². The minimum atomic E-state index is -0.791. The molecule has 0 saturated carbocycles. The molecule has 1 rings (SSSR count). The van der Waals surface area contributed by atoms with E-state index in [0.29, 0.717) is 12.4 Å². The predicted octanol–water partition coefficient (Wildman–Crippen LogP) is 2.02. The Labute approximate surface area is 93.4 Å². The van der Waals surface area contributed by atoms with E-state index in [1.165, 1.54) is 11.8 Å². The fourth-order valence-electron chi connectivity index (χ4n) is 1.20. The van der Waals surface area contributed by atoms with E-state index >= 15 is 0 Å². The highest BCUT2D eigenvalue weighted by molar-refractivity contribution is 8.00. The van der Waals surface area contributed by atoms with E-state index in [1.54, 1.807) is 7.11 Å². The first-order valence-corrected chi connectivity index (χ1v) is 5.66. The zero-order chi connectivity index (χ0) is 11.1. The van der Waals surface area contributed by atoms with Gasteiger partial charge in [-0.05, 0) is 12.0 Å². The van der Waals surface area contributed by atoms with Crippen LogP contribution in [-0.4, -0.2) is 29.4 Å². The molecular formula is C11H14O3S. The van der Waals surface area contributed by atoms with Crippen molar-refractivity contribution in [3.05, 3.63) is 35.9 Å². The molecule has 0 amide bonds. The summed E-state index contributed by atoms with van der Waals surface area (Å²) in [6.45, 7) is 0. The first-order valence-electron chi connectivity index (χ1n) is 4.61. The molecule has 0 radical (unpaired) electrons. The van der Waals surface area contributed by atoms with E-state index in [4.69, 9.17) is 9.84 Å². The van der Waals surface area contributed by atoms with Gasteiger partial charge in [0.05, 0.1) is 5.94 Å². The van der Waals surface area contributed by atoms with Gasteiger partial charge >= 0.3 is 5.97 Å².